The van der Waals surface area contributed by atoms with E-state index in [9.17, 15) is 28.8 Å². The summed E-state index contributed by atoms with van der Waals surface area (Å²) in [6, 6.07) is 11.7. The molecule has 184 valence electrons. The fraction of sp³-hybridized carbons (Fsp3) is 0.167. The second-order valence-corrected chi connectivity index (χ2v) is 10.6. The van der Waals surface area contributed by atoms with Gasteiger partial charge in [0.05, 0.1) is 9.81 Å². The predicted octanol–water partition coefficient (Wildman–Crippen LogP) is -0.277. The summed E-state index contributed by atoms with van der Waals surface area (Å²) in [4.78, 5) is -0.718. The standard InChI is InChI=1S/C24H26N4O6S/c25-23(26)13-15(9-11-21(23,31)17-5-1-3-7-19(17)29)35(33,34)16-10-12-22(32,24(27,28)14-16)18-6-2-4-8-20(18)30/h1-14,29-32H,25-28H2. The minimum atomic E-state index is -4.33. The molecule has 0 fully saturated rings. The van der Waals surface area contributed by atoms with Crippen LogP contribution < -0.4 is 22.9 Å². The number of aliphatic hydroxyl groups is 2. The van der Waals surface area contributed by atoms with Crippen molar-refractivity contribution >= 4 is 9.84 Å². The van der Waals surface area contributed by atoms with E-state index in [4.69, 9.17) is 22.9 Å². The van der Waals surface area contributed by atoms with Crippen LogP contribution >= 0.6 is 0 Å². The molecule has 0 saturated carbocycles. The largest absolute Gasteiger partial charge is 0.508 e. The zero-order valence-electron chi connectivity index (χ0n) is 18.4. The summed E-state index contributed by atoms with van der Waals surface area (Å²) in [7, 11) is -4.33. The second-order valence-electron chi connectivity index (χ2n) is 8.70. The fourth-order valence-electron chi connectivity index (χ4n) is 4.19. The maximum Gasteiger partial charge on any atom is 0.206 e. The van der Waals surface area contributed by atoms with Crippen molar-refractivity contribution in [2.45, 2.75) is 22.5 Å². The summed E-state index contributed by atoms with van der Waals surface area (Å²) in [6.07, 6.45) is 6.29. The molecule has 0 bridgehead atoms. The van der Waals surface area contributed by atoms with Gasteiger partial charge in [0.2, 0.25) is 9.84 Å². The van der Waals surface area contributed by atoms with E-state index in [-0.39, 0.29) is 32.4 Å². The molecule has 0 spiro atoms. The molecule has 12 N–H and O–H groups in total. The highest BCUT2D eigenvalue weighted by molar-refractivity contribution is 7.99. The van der Waals surface area contributed by atoms with Crippen LogP contribution in [-0.2, 0) is 21.0 Å². The van der Waals surface area contributed by atoms with Gasteiger partial charge < -0.3 is 43.4 Å². The van der Waals surface area contributed by atoms with Crippen molar-refractivity contribution in [1.82, 2.24) is 0 Å². The summed E-state index contributed by atoms with van der Waals surface area (Å²) in [5.74, 6) is -0.561. The molecule has 11 heteroatoms. The minimum Gasteiger partial charge on any atom is -0.508 e. The number of rotatable bonds is 4. The Morgan fingerprint density at radius 2 is 0.971 bits per heavy atom. The monoisotopic (exact) mass is 498 g/mol. The van der Waals surface area contributed by atoms with E-state index < -0.39 is 32.4 Å². The summed E-state index contributed by atoms with van der Waals surface area (Å²) in [6.45, 7) is 0. The Hall–Kier alpha value is -3.29. The van der Waals surface area contributed by atoms with E-state index in [0.717, 1.165) is 36.5 Å². The van der Waals surface area contributed by atoms with Crippen molar-refractivity contribution in [2.24, 2.45) is 22.9 Å². The van der Waals surface area contributed by atoms with Crippen LogP contribution in [0.2, 0.25) is 0 Å². The smallest absolute Gasteiger partial charge is 0.206 e. The topological polar surface area (TPSA) is 219 Å². The van der Waals surface area contributed by atoms with Gasteiger partial charge in [-0.25, -0.2) is 8.42 Å². The zero-order chi connectivity index (χ0) is 25.9. The van der Waals surface area contributed by atoms with E-state index in [0.29, 0.717) is 0 Å². The maximum absolute atomic E-state index is 13.4. The van der Waals surface area contributed by atoms with E-state index in [1.165, 1.54) is 24.3 Å². The summed E-state index contributed by atoms with van der Waals surface area (Å²) >= 11 is 0. The molecule has 0 aromatic heterocycles. The Balaban J connectivity index is 1.74. The Kier molecular flexibility index (Phi) is 5.58. The average Bonchev–Trinajstić information content (AvgIpc) is 2.77. The molecule has 0 radical (unpaired) electrons. The predicted molar refractivity (Wildman–Crippen MR) is 130 cm³/mol. The van der Waals surface area contributed by atoms with Crippen LogP contribution in [0.4, 0.5) is 0 Å². The van der Waals surface area contributed by atoms with Crippen molar-refractivity contribution in [1.29, 1.82) is 0 Å². The SMILES string of the molecule is NC1(N)C=C(S(=O)(=O)C2=CC(N)(N)C(O)(c3ccccc3O)C=C2)C=CC1(O)c1ccccc1O. The number of sulfone groups is 1. The number of phenolic OH excluding ortho intramolecular Hbond substituents is 2. The van der Waals surface area contributed by atoms with Gasteiger partial charge in [-0.15, -0.1) is 0 Å². The maximum atomic E-state index is 13.4. The van der Waals surface area contributed by atoms with E-state index in [1.807, 2.05) is 0 Å². The van der Waals surface area contributed by atoms with Crippen LogP contribution in [-0.4, -0.2) is 40.2 Å². The average molecular weight is 499 g/mol. The second kappa shape index (κ2) is 7.86. The first kappa shape index (κ1) is 24.8. The number of hydrogen-bond acceptors (Lipinski definition) is 10. The lowest BCUT2D eigenvalue weighted by atomic mass is 9.78. The first-order chi connectivity index (χ1) is 16.2. The van der Waals surface area contributed by atoms with E-state index in [2.05, 4.69) is 0 Å². The molecule has 0 heterocycles. The minimum absolute atomic E-state index is 0.0126. The number of allylic oxidation sites excluding steroid dienone is 2. The number of aromatic hydroxyl groups is 2. The van der Waals surface area contributed by atoms with Crippen LogP contribution in [0.1, 0.15) is 11.1 Å². The van der Waals surface area contributed by atoms with E-state index >= 15 is 0 Å². The molecule has 0 saturated heterocycles. The van der Waals surface area contributed by atoms with Crippen LogP contribution in [0.3, 0.4) is 0 Å². The quantitative estimate of drug-likeness (QED) is 0.258. The van der Waals surface area contributed by atoms with Gasteiger partial charge in [-0.2, -0.15) is 0 Å². The number of hydrogen-bond donors (Lipinski definition) is 8. The normalized spacial score (nSPS) is 27.3. The third-order valence-electron chi connectivity index (χ3n) is 6.31. The molecule has 2 atom stereocenters. The lowest BCUT2D eigenvalue weighted by molar-refractivity contribution is 0.0249. The number of para-hydroxylation sites is 2. The van der Waals surface area contributed by atoms with Crippen molar-refractivity contribution in [3.63, 3.8) is 0 Å². The fourth-order valence-corrected chi connectivity index (χ4v) is 5.66. The number of benzene rings is 2. The Morgan fingerprint density at radius 3 is 1.29 bits per heavy atom. The molecule has 2 aromatic rings. The molecule has 0 amide bonds. The molecule has 35 heavy (non-hydrogen) atoms. The van der Waals surface area contributed by atoms with Gasteiger partial charge in [0, 0.05) is 11.1 Å². The molecule has 0 aliphatic heterocycles. The lowest BCUT2D eigenvalue weighted by Gasteiger charge is -2.42. The first-order valence-corrected chi connectivity index (χ1v) is 11.9. The Morgan fingerprint density at radius 1 is 0.629 bits per heavy atom. The molecule has 2 aliphatic rings. The molecule has 2 aromatic carbocycles. The van der Waals surface area contributed by atoms with Crippen molar-refractivity contribution in [3.8, 4) is 11.5 Å². The molecule has 2 aliphatic carbocycles. The Bertz CT molecular complexity index is 1330. The van der Waals surface area contributed by atoms with Crippen molar-refractivity contribution in [2.75, 3.05) is 0 Å². The highest BCUT2D eigenvalue weighted by Gasteiger charge is 2.50. The molecule has 2 unspecified atom stereocenters. The van der Waals surface area contributed by atoms with Crippen molar-refractivity contribution in [3.05, 3.63) is 106 Å². The highest BCUT2D eigenvalue weighted by Crippen LogP contribution is 2.43. The number of phenols is 2. The summed E-state index contributed by atoms with van der Waals surface area (Å²) in [5.41, 5.74) is 16.0. The molecule has 10 nitrogen and oxygen atoms in total. The van der Waals surface area contributed by atoms with Gasteiger partial charge in [-0.3, -0.25) is 0 Å². The van der Waals surface area contributed by atoms with Gasteiger partial charge in [0.1, 0.15) is 34.0 Å². The zero-order valence-corrected chi connectivity index (χ0v) is 19.2. The lowest BCUT2D eigenvalue weighted by Crippen LogP contribution is -2.64. The van der Waals surface area contributed by atoms with Gasteiger partial charge >= 0.3 is 0 Å². The highest BCUT2D eigenvalue weighted by atomic mass is 32.2. The number of nitrogens with two attached hydrogens (primary N) is 4. The molecular formula is C24H26N4O6S. The van der Waals surface area contributed by atoms with Gasteiger partial charge in [-0.05, 0) is 48.6 Å². The van der Waals surface area contributed by atoms with Crippen LogP contribution in [0, 0.1) is 0 Å². The molecule has 4 rings (SSSR count). The van der Waals surface area contributed by atoms with Gasteiger partial charge in [0.25, 0.3) is 0 Å². The van der Waals surface area contributed by atoms with E-state index in [1.54, 1.807) is 24.3 Å². The van der Waals surface area contributed by atoms with Crippen LogP contribution in [0.25, 0.3) is 0 Å². The van der Waals surface area contributed by atoms with Crippen LogP contribution in [0.15, 0.2) is 94.8 Å². The van der Waals surface area contributed by atoms with Gasteiger partial charge in [0.15, 0.2) is 0 Å². The van der Waals surface area contributed by atoms with Gasteiger partial charge in [-0.1, -0.05) is 36.4 Å². The third-order valence-corrected chi connectivity index (χ3v) is 8.06. The van der Waals surface area contributed by atoms with Crippen LogP contribution in [0.5, 0.6) is 11.5 Å². The summed E-state index contributed by atoms with van der Waals surface area (Å²) in [5, 5.41) is 42.7. The third kappa shape index (κ3) is 3.70. The first-order valence-electron chi connectivity index (χ1n) is 10.4. The van der Waals surface area contributed by atoms with Crippen molar-refractivity contribution < 1.29 is 28.8 Å². The Labute approximate surface area is 201 Å². The summed E-state index contributed by atoms with van der Waals surface area (Å²) < 4.78 is 26.8. The molecular weight excluding hydrogens is 472 g/mol.